The molecule has 0 aliphatic carbocycles. The van der Waals surface area contributed by atoms with E-state index in [4.69, 9.17) is 5.11 Å². The van der Waals surface area contributed by atoms with E-state index in [0.717, 1.165) is 4.90 Å². The van der Waals surface area contributed by atoms with E-state index in [1.54, 1.807) is 0 Å². The molecule has 2 heterocycles. The maximum atomic E-state index is 11.9. The molecule has 0 aromatic heterocycles. The van der Waals surface area contributed by atoms with Gasteiger partial charge in [-0.2, -0.15) is 0 Å². The summed E-state index contributed by atoms with van der Waals surface area (Å²) in [6.07, 6.45) is -0.0878. The van der Waals surface area contributed by atoms with Crippen molar-refractivity contribution in [2.24, 2.45) is 0 Å². The maximum absolute atomic E-state index is 11.9. The molecule has 0 radical (unpaired) electrons. The molecule has 2 aliphatic rings. The monoisotopic (exact) mass is 293 g/mol. The zero-order chi connectivity index (χ0) is 11.6. The summed E-state index contributed by atoms with van der Waals surface area (Å²) in [4.78, 5) is 23.2. The number of amides is 1. The molecule has 6 nitrogen and oxygen atoms in total. The van der Waals surface area contributed by atoms with Crippen molar-refractivity contribution < 1.29 is 54.1 Å². The third kappa shape index (κ3) is 1.92. The van der Waals surface area contributed by atoms with Gasteiger partial charge in [0.15, 0.2) is 9.84 Å². The van der Waals surface area contributed by atoms with Gasteiger partial charge in [0.25, 0.3) is 0 Å². The van der Waals surface area contributed by atoms with Crippen LogP contribution in [0.5, 0.6) is 0 Å². The van der Waals surface area contributed by atoms with Crippen molar-refractivity contribution in [3.63, 3.8) is 0 Å². The standard InChI is InChI=1S/C8H11NO5S.ClH.Na.H/c1-8(2)6(7(11)12)9-4(10)3-5(9)15(8,13)14;;;/h5-6H,3H2,1-2H3,(H,11,12);1H;;/q;;+1;-1/t5-,6+;;;/m1.../s1. The molecule has 0 saturated carbocycles. The topological polar surface area (TPSA) is 91.8 Å². The Kier molecular flexibility index (Phi) is 4.74. The number of halogens is 1. The number of carbonyl (C=O) groups excluding carboxylic acids is 1. The summed E-state index contributed by atoms with van der Waals surface area (Å²) in [5, 5.41) is 8.03. The van der Waals surface area contributed by atoms with Crippen LogP contribution in [0.4, 0.5) is 0 Å². The van der Waals surface area contributed by atoms with E-state index in [0.29, 0.717) is 0 Å². The number of fused-ring (bicyclic) bond motifs is 1. The molecule has 0 aromatic carbocycles. The molecule has 0 spiro atoms. The molecule has 2 atom stereocenters. The molecule has 1 N–H and O–H groups in total. The van der Waals surface area contributed by atoms with Gasteiger partial charge in [0.1, 0.15) is 11.4 Å². The Morgan fingerprint density at radius 2 is 2.00 bits per heavy atom. The van der Waals surface area contributed by atoms with Gasteiger partial charge in [0.05, 0.1) is 11.2 Å². The predicted octanol–water partition coefficient (Wildman–Crippen LogP) is -3.26. The number of aliphatic carboxylic acids is 1. The minimum atomic E-state index is -3.57. The molecule has 1 amide bonds. The van der Waals surface area contributed by atoms with Gasteiger partial charge in [0.2, 0.25) is 5.91 Å². The van der Waals surface area contributed by atoms with Crippen LogP contribution in [0.2, 0.25) is 0 Å². The SMILES string of the molecule is CC1(C)[C@H](C(=O)O)N2C(=O)C[C@H]2S1(=O)=O.Cl.[H-].[Na+]. The number of hydrogen-bond acceptors (Lipinski definition) is 4. The van der Waals surface area contributed by atoms with E-state index >= 15 is 0 Å². The molecule has 17 heavy (non-hydrogen) atoms. The number of hydrogen-bond donors (Lipinski definition) is 1. The van der Waals surface area contributed by atoms with Crippen molar-refractivity contribution in [2.45, 2.75) is 36.4 Å². The fraction of sp³-hybridized carbons (Fsp3) is 0.750. The van der Waals surface area contributed by atoms with Crippen molar-refractivity contribution >= 4 is 34.1 Å². The Hall–Kier alpha value is 0.180. The van der Waals surface area contributed by atoms with Crippen LogP contribution in [0.3, 0.4) is 0 Å². The van der Waals surface area contributed by atoms with Gasteiger partial charge in [0, 0.05) is 0 Å². The second-order valence-electron chi connectivity index (χ2n) is 4.35. The number of sulfone groups is 1. The van der Waals surface area contributed by atoms with Crippen LogP contribution in [0.1, 0.15) is 21.7 Å². The first-order chi connectivity index (χ1) is 6.71. The number of nitrogens with zero attached hydrogens (tertiary/aromatic N) is 1. The summed E-state index contributed by atoms with van der Waals surface area (Å²) in [7, 11) is -3.57. The minimum Gasteiger partial charge on any atom is -1.00 e. The summed E-state index contributed by atoms with van der Waals surface area (Å²) in [6, 6.07) is -1.26. The first-order valence-corrected chi connectivity index (χ1v) is 6.03. The van der Waals surface area contributed by atoms with Gasteiger partial charge in [-0.1, -0.05) is 0 Å². The molecule has 9 heteroatoms. The Bertz CT molecular complexity index is 468. The van der Waals surface area contributed by atoms with Gasteiger partial charge in [-0.15, -0.1) is 12.4 Å². The van der Waals surface area contributed by atoms with Crippen LogP contribution >= 0.6 is 12.4 Å². The third-order valence-electron chi connectivity index (χ3n) is 3.21. The van der Waals surface area contributed by atoms with Crippen molar-refractivity contribution in [1.29, 1.82) is 0 Å². The summed E-state index contributed by atoms with van der Waals surface area (Å²) < 4.78 is 22.4. The molecule has 2 aliphatic heterocycles. The number of carboxylic acid groups (broad SMARTS) is 1. The van der Waals surface area contributed by atoms with E-state index in [1.807, 2.05) is 0 Å². The average Bonchev–Trinajstić information content (AvgIpc) is 2.19. The van der Waals surface area contributed by atoms with E-state index in [-0.39, 0.29) is 49.8 Å². The van der Waals surface area contributed by atoms with E-state index in [2.05, 4.69) is 0 Å². The number of carbonyl (C=O) groups is 2. The van der Waals surface area contributed by atoms with E-state index in [1.165, 1.54) is 13.8 Å². The zero-order valence-electron chi connectivity index (χ0n) is 10.7. The second kappa shape index (κ2) is 4.70. The predicted molar refractivity (Wildman–Crippen MR) is 58.0 cm³/mol. The van der Waals surface area contributed by atoms with Crippen LogP contribution < -0.4 is 29.6 Å². The van der Waals surface area contributed by atoms with Crippen molar-refractivity contribution in [3.8, 4) is 0 Å². The molecule has 0 bridgehead atoms. The maximum Gasteiger partial charge on any atom is 1.00 e. The first kappa shape index (κ1) is 17.2. The van der Waals surface area contributed by atoms with E-state index < -0.39 is 37.9 Å². The quantitative estimate of drug-likeness (QED) is 0.405. The van der Waals surface area contributed by atoms with Gasteiger partial charge in [-0.05, 0) is 13.8 Å². The van der Waals surface area contributed by atoms with Crippen LogP contribution in [-0.2, 0) is 19.4 Å². The smallest absolute Gasteiger partial charge is 1.00 e. The van der Waals surface area contributed by atoms with E-state index in [9.17, 15) is 18.0 Å². The molecule has 2 saturated heterocycles. The van der Waals surface area contributed by atoms with Gasteiger partial charge >= 0.3 is 35.5 Å². The fourth-order valence-electron chi connectivity index (χ4n) is 2.23. The zero-order valence-corrected chi connectivity index (χ0v) is 13.3. The molecule has 0 aromatic rings. The Morgan fingerprint density at radius 1 is 1.53 bits per heavy atom. The van der Waals surface area contributed by atoms with Crippen LogP contribution in [0.25, 0.3) is 0 Å². The van der Waals surface area contributed by atoms with Gasteiger partial charge in [-0.3, -0.25) is 4.79 Å². The molecule has 2 fully saturated rings. The van der Waals surface area contributed by atoms with Crippen LogP contribution in [0.15, 0.2) is 0 Å². The normalized spacial score (nSPS) is 31.6. The first-order valence-electron chi connectivity index (χ1n) is 4.48. The Labute approximate surface area is 129 Å². The molecular weight excluding hydrogens is 281 g/mol. The fourth-order valence-corrected chi connectivity index (χ4v) is 4.36. The summed E-state index contributed by atoms with van der Waals surface area (Å²) >= 11 is 0. The van der Waals surface area contributed by atoms with Gasteiger partial charge < -0.3 is 11.4 Å². The summed E-state index contributed by atoms with van der Waals surface area (Å²) in [5.74, 6) is -1.67. The summed E-state index contributed by atoms with van der Waals surface area (Å²) in [6.45, 7) is 2.71. The largest absolute Gasteiger partial charge is 1.00 e. The van der Waals surface area contributed by atoms with Crippen molar-refractivity contribution in [2.75, 3.05) is 0 Å². The third-order valence-corrected chi connectivity index (χ3v) is 6.01. The average molecular weight is 294 g/mol. The van der Waals surface area contributed by atoms with Crippen LogP contribution in [0, 0.1) is 0 Å². The minimum absolute atomic E-state index is 0. The molecular formula is C8H13ClNNaO5S. The second-order valence-corrected chi connectivity index (χ2v) is 7.04. The number of β-lactam (4-membered cyclic amide) rings is 1. The van der Waals surface area contributed by atoms with Crippen molar-refractivity contribution in [1.82, 2.24) is 4.90 Å². The molecule has 94 valence electrons. The molecule has 0 unspecified atom stereocenters. The summed E-state index contributed by atoms with van der Waals surface area (Å²) in [5.41, 5.74) is 0. The Balaban J connectivity index is 0. The van der Waals surface area contributed by atoms with Crippen LogP contribution in [-0.4, -0.2) is 46.5 Å². The number of rotatable bonds is 1. The molecule has 2 rings (SSSR count). The van der Waals surface area contributed by atoms with Gasteiger partial charge in [-0.25, -0.2) is 13.2 Å². The Morgan fingerprint density at radius 3 is 2.29 bits per heavy atom. The number of carboxylic acids is 1. The van der Waals surface area contributed by atoms with Crippen molar-refractivity contribution in [3.05, 3.63) is 0 Å².